The zero-order valence-corrected chi connectivity index (χ0v) is 15.0. The van der Waals surface area contributed by atoms with Gasteiger partial charge in [-0.3, -0.25) is 0 Å². The highest BCUT2D eigenvalue weighted by Gasteiger charge is 2.37. The van der Waals surface area contributed by atoms with Crippen molar-refractivity contribution in [1.82, 2.24) is 4.90 Å². The van der Waals surface area contributed by atoms with Gasteiger partial charge in [-0.2, -0.15) is 0 Å². The molecular weight excluding hydrogens is 377 g/mol. The third-order valence-electron chi connectivity index (χ3n) is 4.33. The number of carbonyl (C=O) groups excluding carboxylic acids is 1. The van der Waals surface area contributed by atoms with E-state index in [0.29, 0.717) is 11.8 Å². The standard InChI is InChI=1S/C17H22INO2/c1-17(2,3)21-16(20)19-9-11-4-5-12(10-19)15-8-13(18)6-7-14(11)15/h6-8,11-12H,4-5,9-10H2,1-3H3. The maximum Gasteiger partial charge on any atom is 0.410 e. The van der Waals surface area contributed by atoms with Gasteiger partial charge in [0.15, 0.2) is 0 Å². The average Bonchev–Trinajstić information content (AvgIpc) is 2.67. The van der Waals surface area contributed by atoms with Crippen LogP contribution in [-0.4, -0.2) is 29.7 Å². The summed E-state index contributed by atoms with van der Waals surface area (Å²) in [6.45, 7) is 7.36. The van der Waals surface area contributed by atoms with Crippen LogP contribution in [0.1, 0.15) is 56.6 Å². The molecule has 1 aromatic rings. The minimum atomic E-state index is -0.426. The van der Waals surface area contributed by atoms with Crippen molar-refractivity contribution in [2.75, 3.05) is 13.1 Å². The molecule has 114 valence electrons. The van der Waals surface area contributed by atoms with Crippen LogP contribution >= 0.6 is 22.6 Å². The van der Waals surface area contributed by atoms with Crippen LogP contribution in [0.15, 0.2) is 18.2 Å². The number of hydrogen-bond donors (Lipinski definition) is 0. The molecule has 0 aromatic heterocycles. The van der Waals surface area contributed by atoms with Crippen molar-refractivity contribution < 1.29 is 9.53 Å². The Labute approximate surface area is 140 Å². The largest absolute Gasteiger partial charge is 0.444 e. The van der Waals surface area contributed by atoms with Crippen molar-refractivity contribution in [3.63, 3.8) is 0 Å². The molecule has 0 saturated carbocycles. The number of rotatable bonds is 0. The second-order valence-corrected chi connectivity index (χ2v) is 8.38. The van der Waals surface area contributed by atoms with Crippen LogP contribution < -0.4 is 0 Å². The van der Waals surface area contributed by atoms with E-state index in [1.165, 1.54) is 27.5 Å². The number of halogens is 1. The number of hydrogen-bond acceptors (Lipinski definition) is 2. The van der Waals surface area contributed by atoms with E-state index < -0.39 is 5.60 Å². The second kappa shape index (κ2) is 5.45. The molecule has 1 amide bonds. The lowest BCUT2D eigenvalue weighted by atomic mass is 9.78. The van der Waals surface area contributed by atoms with Crippen molar-refractivity contribution in [2.24, 2.45) is 0 Å². The molecule has 2 atom stereocenters. The SMILES string of the molecule is CC(C)(C)OC(=O)N1CC2CCC(C1)c1cc(I)ccc12. The number of carbonyl (C=O) groups is 1. The molecule has 2 aliphatic heterocycles. The average molecular weight is 399 g/mol. The second-order valence-electron chi connectivity index (χ2n) is 7.13. The Bertz CT molecular complexity index is 564. The van der Waals surface area contributed by atoms with Gasteiger partial charge in [0.1, 0.15) is 5.60 Å². The van der Waals surface area contributed by atoms with Gasteiger partial charge in [0.25, 0.3) is 0 Å². The summed E-state index contributed by atoms with van der Waals surface area (Å²) in [6.07, 6.45) is 2.19. The van der Waals surface area contributed by atoms with Gasteiger partial charge in [-0.25, -0.2) is 4.79 Å². The van der Waals surface area contributed by atoms with Crippen LogP contribution in [0.5, 0.6) is 0 Å². The van der Waals surface area contributed by atoms with E-state index in [2.05, 4.69) is 40.8 Å². The van der Waals surface area contributed by atoms with Crippen molar-refractivity contribution in [2.45, 2.75) is 51.0 Å². The smallest absolute Gasteiger partial charge is 0.410 e. The Hall–Kier alpha value is -0.780. The van der Waals surface area contributed by atoms with Crippen molar-refractivity contribution in [3.8, 4) is 0 Å². The maximum absolute atomic E-state index is 12.4. The molecule has 0 radical (unpaired) electrons. The van der Waals surface area contributed by atoms with Crippen LogP contribution in [0, 0.1) is 3.57 Å². The van der Waals surface area contributed by atoms with Crippen LogP contribution in [0.3, 0.4) is 0 Å². The first-order valence-corrected chi connectivity index (χ1v) is 8.68. The van der Waals surface area contributed by atoms with Crippen LogP contribution in [0.2, 0.25) is 0 Å². The Morgan fingerprint density at radius 1 is 1.19 bits per heavy atom. The maximum atomic E-state index is 12.4. The molecule has 2 unspecified atom stereocenters. The van der Waals surface area contributed by atoms with Gasteiger partial charge < -0.3 is 9.64 Å². The summed E-state index contributed by atoms with van der Waals surface area (Å²) in [5.74, 6) is 0.921. The minimum absolute atomic E-state index is 0.165. The molecule has 0 spiro atoms. The summed E-state index contributed by atoms with van der Waals surface area (Å²) in [4.78, 5) is 14.3. The first kappa shape index (κ1) is 15.1. The molecule has 4 rings (SSSR count). The van der Waals surface area contributed by atoms with Gasteiger partial charge in [-0.15, -0.1) is 0 Å². The summed E-state index contributed by atoms with van der Waals surface area (Å²) in [7, 11) is 0. The van der Waals surface area contributed by atoms with Crippen molar-refractivity contribution in [1.29, 1.82) is 0 Å². The zero-order valence-electron chi connectivity index (χ0n) is 12.9. The lowest BCUT2D eigenvalue weighted by Gasteiger charge is -2.27. The van der Waals surface area contributed by atoms with E-state index in [1.807, 2.05) is 25.7 Å². The van der Waals surface area contributed by atoms with Gasteiger partial charge in [0, 0.05) is 28.5 Å². The summed E-state index contributed by atoms with van der Waals surface area (Å²) in [5.41, 5.74) is 2.46. The summed E-state index contributed by atoms with van der Waals surface area (Å²) < 4.78 is 6.85. The third kappa shape index (κ3) is 3.20. The first-order valence-electron chi connectivity index (χ1n) is 7.61. The topological polar surface area (TPSA) is 29.5 Å². The molecule has 21 heavy (non-hydrogen) atoms. The highest BCUT2D eigenvalue weighted by Crippen LogP contribution is 2.43. The molecule has 3 aliphatic rings. The van der Waals surface area contributed by atoms with E-state index in [9.17, 15) is 4.79 Å². The fraction of sp³-hybridized carbons (Fsp3) is 0.588. The van der Waals surface area contributed by atoms with E-state index in [4.69, 9.17) is 4.74 Å². The van der Waals surface area contributed by atoms with Crippen LogP contribution in [0.4, 0.5) is 4.79 Å². The molecule has 1 aliphatic carbocycles. The molecule has 2 heterocycles. The molecule has 1 aromatic carbocycles. The Kier molecular flexibility index (Phi) is 3.93. The zero-order chi connectivity index (χ0) is 15.2. The predicted octanol–water partition coefficient (Wildman–Crippen LogP) is 4.50. The molecular formula is C17H22INO2. The van der Waals surface area contributed by atoms with Crippen LogP contribution in [0.25, 0.3) is 0 Å². The Morgan fingerprint density at radius 2 is 1.81 bits per heavy atom. The number of amides is 1. The van der Waals surface area contributed by atoms with E-state index in [0.717, 1.165) is 13.1 Å². The molecule has 3 nitrogen and oxygen atoms in total. The normalized spacial score (nSPS) is 24.5. The van der Waals surface area contributed by atoms with Crippen LogP contribution in [-0.2, 0) is 4.74 Å². The number of fused-ring (bicyclic) bond motifs is 3. The van der Waals surface area contributed by atoms with Gasteiger partial charge >= 0.3 is 6.09 Å². The van der Waals surface area contributed by atoms with E-state index in [-0.39, 0.29) is 6.09 Å². The van der Waals surface area contributed by atoms with Gasteiger partial charge in [-0.1, -0.05) is 6.07 Å². The highest BCUT2D eigenvalue weighted by atomic mass is 127. The van der Waals surface area contributed by atoms with E-state index in [1.54, 1.807) is 0 Å². The fourth-order valence-corrected chi connectivity index (χ4v) is 3.96. The Morgan fingerprint density at radius 3 is 2.43 bits per heavy atom. The minimum Gasteiger partial charge on any atom is -0.444 e. The summed E-state index contributed by atoms with van der Waals surface area (Å²) >= 11 is 2.37. The van der Waals surface area contributed by atoms with Crippen molar-refractivity contribution in [3.05, 3.63) is 32.9 Å². The summed E-state index contributed by atoms with van der Waals surface area (Å²) in [5, 5.41) is 0. The fourth-order valence-electron chi connectivity index (χ4n) is 3.45. The highest BCUT2D eigenvalue weighted by molar-refractivity contribution is 14.1. The number of ether oxygens (including phenoxy) is 1. The van der Waals surface area contributed by atoms with Gasteiger partial charge in [0.05, 0.1) is 0 Å². The monoisotopic (exact) mass is 399 g/mol. The Balaban J connectivity index is 1.85. The van der Waals surface area contributed by atoms with Gasteiger partial charge in [0.2, 0.25) is 0 Å². The summed E-state index contributed by atoms with van der Waals surface area (Å²) in [6, 6.07) is 6.73. The number of benzene rings is 1. The quantitative estimate of drug-likeness (QED) is 0.602. The number of nitrogens with zero attached hydrogens (tertiary/aromatic N) is 1. The molecule has 0 N–H and O–H groups in total. The van der Waals surface area contributed by atoms with E-state index >= 15 is 0 Å². The lowest BCUT2D eigenvalue weighted by Crippen LogP contribution is -2.38. The molecule has 2 bridgehead atoms. The predicted molar refractivity (Wildman–Crippen MR) is 91.7 cm³/mol. The molecule has 4 heteroatoms. The molecule has 1 fully saturated rings. The van der Waals surface area contributed by atoms with Gasteiger partial charge in [-0.05, 0) is 79.5 Å². The first-order chi connectivity index (χ1) is 9.83. The third-order valence-corrected chi connectivity index (χ3v) is 5.00. The molecule has 1 saturated heterocycles. The van der Waals surface area contributed by atoms with Crippen molar-refractivity contribution >= 4 is 28.7 Å². The lowest BCUT2D eigenvalue weighted by molar-refractivity contribution is 0.0246.